The molecule has 0 saturated carbocycles. The SMILES string of the molecule is CC1CCC(COc2ccc3[nH]ccc3c2)O1. The van der Waals surface area contributed by atoms with Crippen LogP contribution in [0.1, 0.15) is 19.8 Å². The number of aromatic nitrogens is 1. The second-order valence-electron chi connectivity index (χ2n) is 4.68. The highest BCUT2D eigenvalue weighted by atomic mass is 16.5. The second-order valence-corrected chi connectivity index (χ2v) is 4.68. The molecule has 2 aromatic rings. The lowest BCUT2D eigenvalue weighted by Crippen LogP contribution is -2.17. The van der Waals surface area contributed by atoms with Crippen molar-refractivity contribution >= 4 is 10.9 Å². The lowest BCUT2D eigenvalue weighted by atomic mass is 10.2. The third-order valence-electron chi connectivity index (χ3n) is 3.28. The highest BCUT2D eigenvalue weighted by Crippen LogP contribution is 2.23. The Labute approximate surface area is 101 Å². The smallest absolute Gasteiger partial charge is 0.120 e. The molecule has 1 fully saturated rings. The van der Waals surface area contributed by atoms with Gasteiger partial charge in [0, 0.05) is 17.1 Å². The Kier molecular flexibility index (Phi) is 2.77. The number of benzene rings is 1. The maximum atomic E-state index is 5.78. The number of nitrogens with one attached hydrogen (secondary N) is 1. The zero-order valence-electron chi connectivity index (χ0n) is 9.98. The number of ether oxygens (including phenoxy) is 2. The maximum absolute atomic E-state index is 5.78. The van der Waals surface area contributed by atoms with Gasteiger partial charge < -0.3 is 14.5 Å². The van der Waals surface area contributed by atoms with E-state index in [2.05, 4.69) is 24.0 Å². The summed E-state index contributed by atoms with van der Waals surface area (Å²) in [5.74, 6) is 0.917. The van der Waals surface area contributed by atoms with Gasteiger partial charge in [-0.3, -0.25) is 0 Å². The van der Waals surface area contributed by atoms with Gasteiger partial charge in [0.15, 0.2) is 0 Å². The minimum atomic E-state index is 0.256. The van der Waals surface area contributed by atoms with Crippen molar-refractivity contribution in [2.75, 3.05) is 6.61 Å². The van der Waals surface area contributed by atoms with Crippen molar-refractivity contribution in [1.82, 2.24) is 4.98 Å². The summed E-state index contributed by atoms with van der Waals surface area (Å²) in [4.78, 5) is 3.17. The molecule has 1 aromatic carbocycles. The largest absolute Gasteiger partial charge is 0.491 e. The van der Waals surface area contributed by atoms with Crippen molar-refractivity contribution < 1.29 is 9.47 Å². The van der Waals surface area contributed by atoms with E-state index in [9.17, 15) is 0 Å². The Balaban J connectivity index is 1.64. The Morgan fingerprint density at radius 1 is 1.35 bits per heavy atom. The van der Waals surface area contributed by atoms with E-state index >= 15 is 0 Å². The Hall–Kier alpha value is -1.48. The van der Waals surface area contributed by atoms with E-state index in [0.29, 0.717) is 12.7 Å². The van der Waals surface area contributed by atoms with Crippen molar-refractivity contribution in [1.29, 1.82) is 0 Å². The fourth-order valence-corrected chi connectivity index (χ4v) is 2.32. The van der Waals surface area contributed by atoms with Gasteiger partial charge in [0.25, 0.3) is 0 Å². The molecule has 3 rings (SSSR count). The molecule has 0 spiro atoms. The van der Waals surface area contributed by atoms with Crippen LogP contribution in [0.4, 0.5) is 0 Å². The first kappa shape index (κ1) is 10.7. The molecule has 17 heavy (non-hydrogen) atoms. The predicted octanol–water partition coefficient (Wildman–Crippen LogP) is 3.11. The summed E-state index contributed by atoms with van der Waals surface area (Å²) in [5.41, 5.74) is 1.14. The molecule has 1 aromatic heterocycles. The monoisotopic (exact) mass is 231 g/mol. The molecule has 90 valence electrons. The molecule has 1 aliphatic rings. The summed E-state index contributed by atoms with van der Waals surface area (Å²) < 4.78 is 11.5. The van der Waals surface area contributed by atoms with Gasteiger partial charge in [0.05, 0.1) is 12.2 Å². The Bertz CT molecular complexity index is 506. The van der Waals surface area contributed by atoms with Crippen LogP contribution in [-0.4, -0.2) is 23.8 Å². The van der Waals surface area contributed by atoms with Crippen molar-refractivity contribution in [3.8, 4) is 5.75 Å². The molecule has 3 heteroatoms. The molecule has 1 aliphatic heterocycles. The molecule has 3 nitrogen and oxygen atoms in total. The number of hydrogen-bond acceptors (Lipinski definition) is 2. The highest BCUT2D eigenvalue weighted by Gasteiger charge is 2.22. The number of H-pyrrole nitrogens is 1. The third kappa shape index (κ3) is 2.29. The molecule has 0 amide bonds. The normalized spacial score (nSPS) is 24.3. The van der Waals surface area contributed by atoms with Crippen LogP contribution in [-0.2, 0) is 4.74 Å². The fraction of sp³-hybridized carbons (Fsp3) is 0.429. The first-order valence-electron chi connectivity index (χ1n) is 6.17. The van der Waals surface area contributed by atoms with Crippen molar-refractivity contribution in [2.24, 2.45) is 0 Å². The van der Waals surface area contributed by atoms with Crippen LogP contribution in [0.3, 0.4) is 0 Å². The van der Waals surface area contributed by atoms with Crippen LogP contribution in [0.2, 0.25) is 0 Å². The first-order valence-corrected chi connectivity index (χ1v) is 6.17. The number of aromatic amines is 1. The number of hydrogen-bond donors (Lipinski definition) is 1. The molecule has 2 atom stereocenters. The summed E-state index contributed by atoms with van der Waals surface area (Å²) in [6.07, 6.45) is 4.83. The van der Waals surface area contributed by atoms with E-state index in [0.717, 1.165) is 24.1 Å². The summed E-state index contributed by atoms with van der Waals surface area (Å²) in [5, 5.41) is 1.18. The topological polar surface area (TPSA) is 34.2 Å². The third-order valence-corrected chi connectivity index (χ3v) is 3.28. The summed E-state index contributed by atoms with van der Waals surface area (Å²) in [6.45, 7) is 2.77. The van der Waals surface area contributed by atoms with E-state index in [1.54, 1.807) is 0 Å². The molecule has 0 aliphatic carbocycles. The van der Waals surface area contributed by atoms with Crippen molar-refractivity contribution in [3.05, 3.63) is 30.5 Å². The Morgan fingerprint density at radius 3 is 3.12 bits per heavy atom. The summed E-state index contributed by atoms with van der Waals surface area (Å²) >= 11 is 0. The van der Waals surface area contributed by atoms with Gasteiger partial charge in [-0.15, -0.1) is 0 Å². The van der Waals surface area contributed by atoms with Crippen molar-refractivity contribution in [2.45, 2.75) is 32.0 Å². The van der Waals surface area contributed by atoms with Gasteiger partial charge >= 0.3 is 0 Å². The quantitative estimate of drug-likeness (QED) is 0.880. The van der Waals surface area contributed by atoms with E-state index in [1.165, 1.54) is 5.39 Å². The molecule has 1 N–H and O–H groups in total. The molecular weight excluding hydrogens is 214 g/mol. The zero-order valence-corrected chi connectivity index (χ0v) is 9.98. The molecule has 0 radical (unpaired) electrons. The second kappa shape index (κ2) is 4.41. The molecule has 1 saturated heterocycles. The number of fused-ring (bicyclic) bond motifs is 1. The van der Waals surface area contributed by atoms with E-state index in [1.807, 2.05) is 18.3 Å². The van der Waals surface area contributed by atoms with Gasteiger partial charge in [0.2, 0.25) is 0 Å². The predicted molar refractivity (Wildman–Crippen MR) is 67.4 cm³/mol. The summed E-state index contributed by atoms with van der Waals surface area (Å²) in [7, 11) is 0. The van der Waals surface area contributed by atoms with Crippen LogP contribution < -0.4 is 4.74 Å². The van der Waals surface area contributed by atoms with Crippen LogP contribution in [0, 0.1) is 0 Å². The minimum Gasteiger partial charge on any atom is -0.491 e. The molecular formula is C14H17NO2. The van der Waals surface area contributed by atoms with Gasteiger partial charge in [-0.2, -0.15) is 0 Å². The standard InChI is InChI=1S/C14H17NO2/c1-10-2-3-13(17-10)9-16-12-4-5-14-11(8-12)6-7-15-14/h4-8,10,13,15H,2-3,9H2,1H3. The lowest BCUT2D eigenvalue weighted by Gasteiger charge is -2.12. The zero-order chi connectivity index (χ0) is 11.7. The first-order chi connectivity index (χ1) is 8.31. The van der Waals surface area contributed by atoms with Crippen LogP contribution in [0.25, 0.3) is 10.9 Å². The molecule has 2 unspecified atom stereocenters. The van der Waals surface area contributed by atoms with Gasteiger partial charge in [-0.05, 0) is 44.0 Å². The Morgan fingerprint density at radius 2 is 2.29 bits per heavy atom. The molecule has 2 heterocycles. The van der Waals surface area contributed by atoms with Crippen LogP contribution >= 0.6 is 0 Å². The molecule has 0 bridgehead atoms. The van der Waals surface area contributed by atoms with Crippen molar-refractivity contribution in [3.63, 3.8) is 0 Å². The lowest BCUT2D eigenvalue weighted by molar-refractivity contribution is 0.0265. The van der Waals surface area contributed by atoms with Gasteiger partial charge in [-0.25, -0.2) is 0 Å². The average Bonchev–Trinajstić information content (AvgIpc) is 2.94. The fourth-order valence-electron chi connectivity index (χ4n) is 2.32. The summed E-state index contributed by atoms with van der Waals surface area (Å²) in [6, 6.07) is 8.15. The van der Waals surface area contributed by atoms with Gasteiger partial charge in [0.1, 0.15) is 12.4 Å². The van der Waals surface area contributed by atoms with E-state index in [4.69, 9.17) is 9.47 Å². The maximum Gasteiger partial charge on any atom is 0.120 e. The average molecular weight is 231 g/mol. The van der Waals surface area contributed by atoms with E-state index < -0.39 is 0 Å². The highest BCUT2D eigenvalue weighted by molar-refractivity contribution is 5.80. The van der Waals surface area contributed by atoms with Crippen LogP contribution in [0.5, 0.6) is 5.75 Å². The number of rotatable bonds is 3. The van der Waals surface area contributed by atoms with E-state index in [-0.39, 0.29) is 6.10 Å². The van der Waals surface area contributed by atoms with Gasteiger partial charge in [-0.1, -0.05) is 0 Å². The van der Waals surface area contributed by atoms with Crippen LogP contribution in [0.15, 0.2) is 30.5 Å². The minimum absolute atomic E-state index is 0.256.